The van der Waals surface area contributed by atoms with Gasteiger partial charge in [0.1, 0.15) is 11.6 Å². The highest BCUT2D eigenvalue weighted by Gasteiger charge is 2.35. The van der Waals surface area contributed by atoms with Gasteiger partial charge in [-0.15, -0.1) is 0 Å². The number of hydrogen-bond acceptors (Lipinski definition) is 6. The van der Waals surface area contributed by atoms with E-state index in [-0.39, 0.29) is 43.5 Å². The molecule has 30 heavy (non-hydrogen) atoms. The minimum atomic E-state index is -3.60. The Hall–Kier alpha value is -2.81. The predicted molar refractivity (Wildman–Crippen MR) is 107 cm³/mol. The molecule has 4 rings (SSSR count). The summed E-state index contributed by atoms with van der Waals surface area (Å²) in [6.45, 7) is 1.99. The maximum atomic E-state index is 14.2. The van der Waals surface area contributed by atoms with E-state index in [0.717, 1.165) is 0 Å². The fourth-order valence-electron chi connectivity index (χ4n) is 3.71. The van der Waals surface area contributed by atoms with Crippen molar-refractivity contribution in [3.63, 3.8) is 0 Å². The van der Waals surface area contributed by atoms with Crippen LogP contribution < -0.4 is 14.2 Å². The second kappa shape index (κ2) is 8.14. The van der Waals surface area contributed by atoms with Crippen molar-refractivity contribution < 1.29 is 31.8 Å². The molecule has 0 N–H and O–H groups in total. The van der Waals surface area contributed by atoms with Crippen LogP contribution in [0.1, 0.15) is 24.2 Å². The van der Waals surface area contributed by atoms with E-state index in [1.165, 1.54) is 23.1 Å². The van der Waals surface area contributed by atoms with Gasteiger partial charge in [0.05, 0.1) is 11.0 Å². The molecule has 0 saturated carbocycles. The third kappa shape index (κ3) is 4.07. The zero-order chi connectivity index (χ0) is 21.3. The highest BCUT2D eigenvalue weighted by molar-refractivity contribution is 7.91. The summed E-state index contributed by atoms with van der Waals surface area (Å²) >= 11 is 0. The average molecular weight is 435 g/mol. The van der Waals surface area contributed by atoms with E-state index in [9.17, 15) is 17.6 Å². The number of ether oxygens (including phenoxy) is 3. The molecule has 0 aromatic heterocycles. The first-order valence-corrected chi connectivity index (χ1v) is 11.4. The number of amides is 1. The van der Waals surface area contributed by atoms with Gasteiger partial charge in [-0.05, 0) is 31.5 Å². The van der Waals surface area contributed by atoms with Gasteiger partial charge in [0.25, 0.3) is 5.91 Å². The topological polar surface area (TPSA) is 82.1 Å². The lowest BCUT2D eigenvalue weighted by Crippen LogP contribution is -2.42. The van der Waals surface area contributed by atoms with E-state index >= 15 is 0 Å². The number of rotatable bonds is 4. The largest absolute Gasteiger partial charge is 0.481 e. The van der Waals surface area contributed by atoms with Gasteiger partial charge in [-0.1, -0.05) is 18.2 Å². The van der Waals surface area contributed by atoms with Crippen molar-refractivity contribution >= 4 is 15.7 Å². The summed E-state index contributed by atoms with van der Waals surface area (Å²) in [6.07, 6.45) is -0.691. The summed E-state index contributed by atoms with van der Waals surface area (Å²) in [5, 5.41) is -0.971. The molecule has 2 aliphatic rings. The minimum absolute atomic E-state index is 0.0426. The van der Waals surface area contributed by atoms with Crippen LogP contribution in [0.2, 0.25) is 0 Å². The van der Waals surface area contributed by atoms with Crippen molar-refractivity contribution in [2.24, 2.45) is 0 Å². The number of carbonyl (C=O) groups excluding carboxylic acids is 1. The Labute approximate surface area is 174 Å². The monoisotopic (exact) mass is 435 g/mol. The lowest BCUT2D eigenvalue weighted by molar-refractivity contribution is -0.137. The lowest BCUT2D eigenvalue weighted by Gasteiger charge is -2.24. The first-order valence-electron chi connectivity index (χ1n) is 9.66. The summed E-state index contributed by atoms with van der Waals surface area (Å²) in [5.41, 5.74) is 0.149. The predicted octanol–water partition coefficient (Wildman–Crippen LogP) is 2.71. The van der Waals surface area contributed by atoms with Crippen LogP contribution in [0.3, 0.4) is 0 Å². The zero-order valence-corrected chi connectivity index (χ0v) is 17.2. The molecule has 2 aromatic carbocycles. The van der Waals surface area contributed by atoms with Crippen molar-refractivity contribution in [1.82, 2.24) is 4.90 Å². The van der Waals surface area contributed by atoms with Crippen molar-refractivity contribution in [2.75, 3.05) is 25.6 Å². The van der Waals surface area contributed by atoms with E-state index in [2.05, 4.69) is 0 Å². The molecule has 2 aromatic rings. The number of nitrogens with zero attached hydrogens (tertiary/aromatic N) is 1. The van der Waals surface area contributed by atoms with Crippen molar-refractivity contribution in [1.29, 1.82) is 0 Å². The Morgan fingerprint density at radius 3 is 2.73 bits per heavy atom. The summed E-state index contributed by atoms with van der Waals surface area (Å²) in [4.78, 5) is 14.4. The quantitative estimate of drug-likeness (QED) is 0.735. The molecule has 0 spiro atoms. The molecule has 9 heteroatoms. The Balaban J connectivity index is 1.45. The van der Waals surface area contributed by atoms with E-state index in [0.29, 0.717) is 17.2 Å². The molecule has 2 atom stereocenters. The molecule has 0 aliphatic carbocycles. The van der Waals surface area contributed by atoms with Crippen LogP contribution in [0.4, 0.5) is 4.39 Å². The fourth-order valence-corrected chi connectivity index (χ4v) is 5.51. The van der Waals surface area contributed by atoms with Crippen molar-refractivity contribution in [2.45, 2.75) is 24.7 Å². The highest BCUT2D eigenvalue weighted by atomic mass is 32.2. The molecular weight excluding hydrogens is 413 g/mol. The second-order valence-corrected chi connectivity index (χ2v) is 9.57. The summed E-state index contributed by atoms with van der Waals surface area (Å²) in [6, 6.07) is 10.9. The molecular formula is C21H22FNO6S. The highest BCUT2D eigenvalue weighted by Crippen LogP contribution is 2.35. The van der Waals surface area contributed by atoms with Gasteiger partial charge in [-0.2, -0.15) is 0 Å². The molecule has 1 saturated heterocycles. The zero-order valence-electron chi connectivity index (χ0n) is 16.4. The number of hydrogen-bond donors (Lipinski definition) is 0. The van der Waals surface area contributed by atoms with E-state index in [1.54, 1.807) is 31.2 Å². The van der Waals surface area contributed by atoms with Gasteiger partial charge in [0.15, 0.2) is 27.4 Å². The van der Waals surface area contributed by atoms with Gasteiger partial charge in [0, 0.05) is 24.7 Å². The summed E-state index contributed by atoms with van der Waals surface area (Å²) in [5.74, 6) is 0.502. The Morgan fingerprint density at radius 1 is 1.17 bits per heavy atom. The molecule has 2 heterocycles. The van der Waals surface area contributed by atoms with Crippen LogP contribution in [-0.4, -0.2) is 51.0 Å². The maximum Gasteiger partial charge on any atom is 0.263 e. The first kappa shape index (κ1) is 20.5. The molecule has 0 radical (unpaired) electrons. The Bertz CT molecular complexity index is 1060. The molecule has 160 valence electrons. The smallest absolute Gasteiger partial charge is 0.263 e. The second-order valence-electron chi connectivity index (χ2n) is 7.27. The standard InChI is InChI=1S/C21H22FNO6S/c1-14(29-15-6-7-18-19(12-15)28-13-27-18)21(24)23-9-8-20(30(25,26)11-10-23)16-4-2-3-5-17(16)22/h2-7,12,14,20H,8-11,13H2,1H3/t14-,20+/m0/s1. The summed E-state index contributed by atoms with van der Waals surface area (Å²) < 4.78 is 55.9. The molecule has 1 fully saturated rings. The Kier molecular flexibility index (Phi) is 5.55. The van der Waals surface area contributed by atoms with Crippen molar-refractivity contribution in [3.8, 4) is 17.2 Å². The van der Waals surface area contributed by atoms with Gasteiger partial charge < -0.3 is 19.1 Å². The lowest BCUT2D eigenvalue weighted by atomic mass is 10.1. The van der Waals surface area contributed by atoms with E-state index in [4.69, 9.17) is 14.2 Å². The van der Waals surface area contributed by atoms with E-state index in [1.807, 2.05) is 0 Å². The molecule has 0 bridgehead atoms. The molecule has 7 nitrogen and oxygen atoms in total. The first-order chi connectivity index (χ1) is 14.3. The van der Waals surface area contributed by atoms with Gasteiger partial charge in [-0.3, -0.25) is 4.79 Å². The van der Waals surface area contributed by atoms with Crippen LogP contribution in [-0.2, 0) is 14.6 Å². The number of fused-ring (bicyclic) bond motifs is 1. The number of sulfone groups is 1. The fraction of sp³-hybridized carbons (Fsp3) is 0.381. The van der Waals surface area contributed by atoms with Crippen LogP contribution in [0.15, 0.2) is 42.5 Å². The van der Waals surface area contributed by atoms with Crippen LogP contribution in [0.5, 0.6) is 17.2 Å². The maximum absolute atomic E-state index is 14.2. The van der Waals surface area contributed by atoms with Gasteiger partial charge in [0.2, 0.25) is 6.79 Å². The molecule has 1 amide bonds. The van der Waals surface area contributed by atoms with Crippen LogP contribution in [0, 0.1) is 5.82 Å². The SMILES string of the molecule is C[C@H](Oc1ccc2c(c1)OCO2)C(=O)N1CC[C@H](c2ccccc2F)S(=O)(=O)CC1. The van der Waals surface area contributed by atoms with Crippen LogP contribution in [0.25, 0.3) is 0 Å². The number of benzene rings is 2. The number of halogens is 1. The van der Waals surface area contributed by atoms with Crippen molar-refractivity contribution in [3.05, 3.63) is 53.8 Å². The average Bonchev–Trinajstić information content (AvgIpc) is 3.12. The summed E-state index contributed by atoms with van der Waals surface area (Å²) in [7, 11) is -3.60. The normalized spacial score (nSPS) is 21.0. The van der Waals surface area contributed by atoms with Gasteiger partial charge in [-0.25, -0.2) is 12.8 Å². The number of carbonyl (C=O) groups is 1. The van der Waals surface area contributed by atoms with E-state index < -0.39 is 27.0 Å². The Morgan fingerprint density at radius 2 is 1.93 bits per heavy atom. The third-order valence-corrected chi connectivity index (χ3v) is 7.42. The third-order valence-electron chi connectivity index (χ3n) is 5.31. The molecule has 2 aliphatic heterocycles. The minimum Gasteiger partial charge on any atom is -0.481 e. The molecule has 0 unspecified atom stereocenters. The van der Waals surface area contributed by atoms with Gasteiger partial charge >= 0.3 is 0 Å². The van der Waals surface area contributed by atoms with Crippen LogP contribution >= 0.6 is 0 Å².